The molecule has 1 N–H and O–H groups in total. The maximum Gasteiger partial charge on any atom is 0.417 e. The van der Waals surface area contributed by atoms with Crippen molar-refractivity contribution in [3.05, 3.63) is 59.8 Å². The molecular formula is C17H13F4N5OS. The van der Waals surface area contributed by atoms with E-state index in [4.69, 9.17) is 0 Å². The molecule has 6 nitrogen and oxygen atoms in total. The number of amides is 1. The second-order valence-corrected chi connectivity index (χ2v) is 6.57. The monoisotopic (exact) mass is 411 g/mol. The Balaban J connectivity index is 1.97. The summed E-state index contributed by atoms with van der Waals surface area (Å²) in [6, 6.07) is 7.98. The van der Waals surface area contributed by atoms with Crippen LogP contribution < -0.4 is 5.32 Å². The van der Waals surface area contributed by atoms with Crippen molar-refractivity contribution >= 4 is 17.7 Å². The Morgan fingerprint density at radius 1 is 1.18 bits per heavy atom. The van der Waals surface area contributed by atoms with Crippen LogP contribution in [-0.4, -0.2) is 25.7 Å². The van der Waals surface area contributed by atoms with Crippen LogP contribution in [0.5, 0.6) is 0 Å². The maximum atomic E-state index is 14.3. The van der Waals surface area contributed by atoms with Gasteiger partial charge in [0, 0.05) is 13.1 Å². The average molecular weight is 411 g/mol. The Bertz CT molecular complexity index is 988. The van der Waals surface area contributed by atoms with Crippen molar-refractivity contribution < 1.29 is 22.4 Å². The quantitative estimate of drug-likeness (QED) is 0.650. The molecule has 11 heteroatoms. The standard InChI is InChI=1S/C17H13F4N5OS/c1-10(27)22-9-14-24-25-16(26(14)13-5-3-2-4-12(13)18)28-15-7-6-11(8-23-15)17(19,20)21/h2-8H,9H2,1H3,(H,22,27). The van der Waals surface area contributed by atoms with Gasteiger partial charge in [0.15, 0.2) is 5.82 Å². The van der Waals surface area contributed by atoms with Crippen molar-refractivity contribution in [3.8, 4) is 5.69 Å². The third-order valence-electron chi connectivity index (χ3n) is 3.55. The molecule has 0 spiro atoms. The molecule has 146 valence electrons. The lowest BCUT2D eigenvalue weighted by Gasteiger charge is -2.11. The van der Waals surface area contributed by atoms with E-state index in [0.29, 0.717) is 6.20 Å². The number of benzene rings is 1. The van der Waals surface area contributed by atoms with Crippen molar-refractivity contribution in [3.63, 3.8) is 0 Å². The number of carbonyl (C=O) groups excluding carboxylic acids is 1. The summed E-state index contributed by atoms with van der Waals surface area (Å²) in [5.74, 6) is -0.593. The molecule has 1 aromatic carbocycles. The number of alkyl halides is 3. The van der Waals surface area contributed by atoms with E-state index in [2.05, 4.69) is 20.5 Å². The molecule has 3 rings (SSSR count). The van der Waals surface area contributed by atoms with Crippen LogP contribution in [0.25, 0.3) is 5.69 Å². The van der Waals surface area contributed by atoms with E-state index in [1.807, 2.05) is 0 Å². The number of pyridine rings is 1. The fourth-order valence-corrected chi connectivity index (χ4v) is 3.07. The minimum atomic E-state index is -4.49. The lowest BCUT2D eigenvalue weighted by atomic mass is 10.3. The van der Waals surface area contributed by atoms with Crippen LogP contribution in [0, 0.1) is 5.82 Å². The van der Waals surface area contributed by atoms with Gasteiger partial charge in [-0.1, -0.05) is 12.1 Å². The molecule has 0 saturated carbocycles. The van der Waals surface area contributed by atoms with Gasteiger partial charge in [0.2, 0.25) is 11.1 Å². The molecule has 0 unspecified atom stereocenters. The molecule has 2 heterocycles. The number of hydrogen-bond donors (Lipinski definition) is 1. The smallest absolute Gasteiger partial charge is 0.349 e. The predicted molar refractivity (Wildman–Crippen MR) is 92.2 cm³/mol. The van der Waals surface area contributed by atoms with Crippen molar-refractivity contribution in [2.24, 2.45) is 0 Å². The second kappa shape index (κ2) is 7.97. The molecule has 0 aliphatic rings. The van der Waals surface area contributed by atoms with Gasteiger partial charge in [0.1, 0.15) is 10.8 Å². The largest absolute Gasteiger partial charge is 0.417 e. The third-order valence-corrected chi connectivity index (χ3v) is 4.45. The van der Waals surface area contributed by atoms with E-state index < -0.39 is 17.6 Å². The van der Waals surface area contributed by atoms with Crippen molar-refractivity contribution in [2.75, 3.05) is 0 Å². The van der Waals surface area contributed by atoms with Gasteiger partial charge in [-0.15, -0.1) is 10.2 Å². The van der Waals surface area contributed by atoms with E-state index in [-0.39, 0.29) is 34.1 Å². The van der Waals surface area contributed by atoms with Gasteiger partial charge in [-0.05, 0) is 36.0 Å². The van der Waals surface area contributed by atoms with Crippen LogP contribution in [0.4, 0.5) is 17.6 Å². The highest BCUT2D eigenvalue weighted by Crippen LogP contribution is 2.32. The number of carbonyl (C=O) groups is 1. The number of halogens is 4. The first-order valence-electron chi connectivity index (χ1n) is 7.90. The summed E-state index contributed by atoms with van der Waals surface area (Å²) in [4.78, 5) is 15.0. The number of rotatable bonds is 5. The zero-order valence-electron chi connectivity index (χ0n) is 14.4. The van der Waals surface area contributed by atoms with Crippen LogP contribution in [0.3, 0.4) is 0 Å². The lowest BCUT2D eigenvalue weighted by molar-refractivity contribution is -0.137. The van der Waals surface area contributed by atoms with Crippen LogP contribution in [-0.2, 0) is 17.5 Å². The summed E-state index contributed by atoms with van der Waals surface area (Å²) in [7, 11) is 0. The number of hydrogen-bond acceptors (Lipinski definition) is 5. The van der Waals surface area contributed by atoms with Crippen molar-refractivity contribution in [2.45, 2.75) is 29.8 Å². The Morgan fingerprint density at radius 3 is 2.54 bits per heavy atom. The summed E-state index contributed by atoms with van der Waals surface area (Å²) in [5, 5.41) is 10.9. The van der Waals surface area contributed by atoms with Gasteiger partial charge in [0.25, 0.3) is 0 Å². The van der Waals surface area contributed by atoms with Gasteiger partial charge in [-0.3, -0.25) is 9.36 Å². The zero-order valence-corrected chi connectivity index (χ0v) is 15.2. The highest BCUT2D eigenvalue weighted by atomic mass is 32.2. The highest BCUT2D eigenvalue weighted by molar-refractivity contribution is 7.99. The normalized spacial score (nSPS) is 11.5. The van der Waals surface area contributed by atoms with Crippen molar-refractivity contribution in [1.82, 2.24) is 25.1 Å². The fraction of sp³-hybridized carbons (Fsp3) is 0.176. The van der Waals surface area contributed by atoms with Crippen LogP contribution in [0.2, 0.25) is 0 Å². The van der Waals surface area contributed by atoms with Gasteiger partial charge >= 0.3 is 6.18 Å². The van der Waals surface area contributed by atoms with E-state index >= 15 is 0 Å². The molecule has 0 fully saturated rings. The fourth-order valence-electron chi connectivity index (χ4n) is 2.26. The van der Waals surface area contributed by atoms with Crippen LogP contribution >= 0.6 is 11.8 Å². The Hall–Kier alpha value is -2.95. The van der Waals surface area contributed by atoms with Crippen LogP contribution in [0.1, 0.15) is 18.3 Å². The summed E-state index contributed by atoms with van der Waals surface area (Å²) >= 11 is 0.924. The first kappa shape index (κ1) is 19.8. The summed E-state index contributed by atoms with van der Waals surface area (Å²) in [6.45, 7) is 1.32. The van der Waals surface area contributed by atoms with Gasteiger partial charge in [0.05, 0.1) is 17.8 Å². The molecule has 28 heavy (non-hydrogen) atoms. The Kier molecular flexibility index (Phi) is 5.63. The molecule has 3 aromatic rings. The van der Waals surface area contributed by atoms with Gasteiger partial charge < -0.3 is 5.32 Å². The van der Waals surface area contributed by atoms with E-state index in [9.17, 15) is 22.4 Å². The molecule has 0 radical (unpaired) electrons. The average Bonchev–Trinajstić information content (AvgIpc) is 3.02. The predicted octanol–water partition coefficient (Wildman–Crippen LogP) is 3.61. The molecule has 0 aliphatic heterocycles. The molecule has 0 aliphatic carbocycles. The molecule has 1 amide bonds. The zero-order chi connectivity index (χ0) is 20.3. The molecule has 0 bridgehead atoms. The Morgan fingerprint density at radius 2 is 1.93 bits per heavy atom. The van der Waals surface area contributed by atoms with E-state index in [0.717, 1.165) is 17.8 Å². The molecule has 0 saturated heterocycles. The lowest BCUT2D eigenvalue weighted by Crippen LogP contribution is -2.21. The molecular weight excluding hydrogens is 398 g/mol. The first-order valence-corrected chi connectivity index (χ1v) is 8.72. The molecule has 0 atom stereocenters. The summed E-state index contributed by atoms with van der Waals surface area (Å²) in [5.41, 5.74) is -0.735. The number of nitrogens with one attached hydrogen (secondary N) is 1. The minimum absolute atomic E-state index is 0.00231. The summed E-state index contributed by atoms with van der Waals surface area (Å²) < 4.78 is 53.7. The van der Waals surface area contributed by atoms with Gasteiger partial charge in [-0.2, -0.15) is 13.2 Å². The number of nitrogens with zero attached hydrogens (tertiary/aromatic N) is 4. The second-order valence-electron chi connectivity index (χ2n) is 5.58. The SMILES string of the molecule is CC(=O)NCc1nnc(Sc2ccc(C(F)(F)F)cn2)n1-c1ccccc1F. The van der Waals surface area contributed by atoms with E-state index in [1.54, 1.807) is 6.07 Å². The minimum Gasteiger partial charge on any atom is -0.349 e. The highest BCUT2D eigenvalue weighted by Gasteiger charge is 2.30. The maximum absolute atomic E-state index is 14.3. The summed E-state index contributed by atoms with van der Waals surface area (Å²) in [6.07, 6.45) is -3.78. The first-order chi connectivity index (χ1) is 13.3. The van der Waals surface area contributed by atoms with Crippen molar-refractivity contribution in [1.29, 1.82) is 0 Å². The van der Waals surface area contributed by atoms with E-state index in [1.165, 1.54) is 35.8 Å². The third kappa shape index (κ3) is 4.47. The topological polar surface area (TPSA) is 72.7 Å². The van der Waals surface area contributed by atoms with Crippen LogP contribution in [0.15, 0.2) is 52.8 Å². The number of para-hydroxylation sites is 1. The van der Waals surface area contributed by atoms with Gasteiger partial charge in [-0.25, -0.2) is 9.37 Å². The number of aromatic nitrogens is 4. The Labute approximate surface area is 161 Å². The molecule has 2 aromatic heterocycles.